The molecule has 1 unspecified atom stereocenters. The maximum Gasteiger partial charge on any atom is 0.123 e. The molecule has 0 amide bonds. The minimum absolute atomic E-state index is 0.128. The summed E-state index contributed by atoms with van der Waals surface area (Å²) in [5, 5.41) is 0. The molecular weight excluding hydrogens is 227 g/mol. The van der Waals surface area contributed by atoms with Gasteiger partial charge in [0.15, 0.2) is 0 Å². The molecule has 3 heteroatoms. The molecular formula is C15H23FN2. The van der Waals surface area contributed by atoms with Gasteiger partial charge in [-0.15, -0.1) is 0 Å². The molecule has 1 aliphatic heterocycles. The summed E-state index contributed by atoms with van der Waals surface area (Å²) in [5.74, 6) is 0.587. The Labute approximate surface area is 109 Å². The molecule has 1 aromatic carbocycles. The van der Waals surface area contributed by atoms with E-state index in [9.17, 15) is 4.39 Å². The first-order valence-corrected chi connectivity index (χ1v) is 6.88. The zero-order valence-corrected chi connectivity index (χ0v) is 11.3. The van der Waals surface area contributed by atoms with Crippen molar-refractivity contribution in [3.05, 3.63) is 29.6 Å². The highest BCUT2D eigenvalue weighted by atomic mass is 19.1. The van der Waals surface area contributed by atoms with Gasteiger partial charge in [0.05, 0.1) is 0 Å². The average molecular weight is 250 g/mol. The van der Waals surface area contributed by atoms with Crippen molar-refractivity contribution in [2.75, 3.05) is 18.0 Å². The number of rotatable bonds is 2. The maximum absolute atomic E-state index is 13.3. The van der Waals surface area contributed by atoms with E-state index in [1.165, 1.54) is 25.3 Å². The molecule has 0 spiro atoms. The van der Waals surface area contributed by atoms with E-state index in [0.29, 0.717) is 0 Å². The molecule has 2 atom stereocenters. The van der Waals surface area contributed by atoms with Gasteiger partial charge in [-0.3, -0.25) is 0 Å². The lowest BCUT2D eigenvalue weighted by Crippen LogP contribution is -2.26. The second-order valence-electron chi connectivity index (χ2n) is 5.51. The van der Waals surface area contributed by atoms with Gasteiger partial charge in [-0.05, 0) is 55.9 Å². The first-order valence-electron chi connectivity index (χ1n) is 6.88. The number of benzene rings is 1. The number of anilines is 1. The van der Waals surface area contributed by atoms with Gasteiger partial charge in [0.1, 0.15) is 5.82 Å². The molecule has 0 saturated carbocycles. The van der Waals surface area contributed by atoms with Crippen LogP contribution in [0.15, 0.2) is 18.2 Å². The van der Waals surface area contributed by atoms with Crippen molar-refractivity contribution in [1.82, 2.24) is 0 Å². The Morgan fingerprint density at radius 2 is 2.11 bits per heavy atom. The topological polar surface area (TPSA) is 29.3 Å². The third-order valence-electron chi connectivity index (χ3n) is 3.84. The fourth-order valence-corrected chi connectivity index (χ4v) is 2.68. The van der Waals surface area contributed by atoms with Crippen LogP contribution >= 0.6 is 0 Å². The van der Waals surface area contributed by atoms with E-state index in [0.717, 1.165) is 30.3 Å². The Morgan fingerprint density at radius 1 is 1.33 bits per heavy atom. The van der Waals surface area contributed by atoms with Gasteiger partial charge in [-0.25, -0.2) is 4.39 Å². The van der Waals surface area contributed by atoms with Crippen LogP contribution in [0.25, 0.3) is 0 Å². The molecule has 0 aromatic heterocycles. The predicted molar refractivity (Wildman–Crippen MR) is 74.2 cm³/mol. The van der Waals surface area contributed by atoms with Gasteiger partial charge < -0.3 is 10.6 Å². The van der Waals surface area contributed by atoms with Gasteiger partial charge in [0.25, 0.3) is 0 Å². The second-order valence-corrected chi connectivity index (χ2v) is 5.51. The van der Waals surface area contributed by atoms with E-state index in [2.05, 4.69) is 11.8 Å². The molecule has 100 valence electrons. The molecule has 1 heterocycles. The lowest BCUT2D eigenvalue weighted by molar-refractivity contribution is 0.521. The molecule has 2 rings (SSSR count). The van der Waals surface area contributed by atoms with Crippen molar-refractivity contribution in [2.24, 2.45) is 11.7 Å². The highest BCUT2D eigenvalue weighted by Crippen LogP contribution is 2.29. The number of hydrogen-bond donors (Lipinski definition) is 1. The minimum Gasteiger partial charge on any atom is -0.371 e. The molecule has 0 aliphatic carbocycles. The van der Waals surface area contributed by atoms with Crippen LogP contribution in [-0.2, 0) is 0 Å². The summed E-state index contributed by atoms with van der Waals surface area (Å²) in [7, 11) is 0. The van der Waals surface area contributed by atoms with E-state index < -0.39 is 0 Å². The van der Waals surface area contributed by atoms with E-state index in [1.807, 2.05) is 13.0 Å². The summed E-state index contributed by atoms with van der Waals surface area (Å²) in [5.41, 5.74) is 8.00. The molecule has 1 aliphatic rings. The zero-order chi connectivity index (χ0) is 13.1. The van der Waals surface area contributed by atoms with Crippen molar-refractivity contribution in [2.45, 2.75) is 39.2 Å². The average Bonchev–Trinajstić information content (AvgIpc) is 2.54. The number of halogens is 1. The first kappa shape index (κ1) is 13.3. The van der Waals surface area contributed by atoms with E-state index in [1.54, 1.807) is 6.07 Å². The summed E-state index contributed by atoms with van der Waals surface area (Å²) in [6.45, 7) is 6.32. The Morgan fingerprint density at radius 3 is 2.83 bits per heavy atom. The quantitative estimate of drug-likeness (QED) is 0.870. The van der Waals surface area contributed by atoms with Crippen molar-refractivity contribution in [1.29, 1.82) is 0 Å². The molecule has 0 radical (unpaired) electrons. The molecule has 1 aromatic rings. The van der Waals surface area contributed by atoms with Gasteiger partial charge in [0.2, 0.25) is 0 Å². The van der Waals surface area contributed by atoms with Crippen LogP contribution in [0.1, 0.15) is 44.7 Å². The van der Waals surface area contributed by atoms with Gasteiger partial charge in [-0.2, -0.15) is 0 Å². The molecule has 2 nitrogen and oxygen atoms in total. The Balaban J connectivity index is 2.26. The zero-order valence-electron chi connectivity index (χ0n) is 11.3. The summed E-state index contributed by atoms with van der Waals surface area (Å²) in [4.78, 5) is 2.36. The third kappa shape index (κ3) is 3.02. The molecule has 1 saturated heterocycles. The summed E-state index contributed by atoms with van der Waals surface area (Å²) in [6, 6.07) is 4.87. The van der Waals surface area contributed by atoms with Crippen LogP contribution in [-0.4, -0.2) is 13.1 Å². The molecule has 0 bridgehead atoms. The van der Waals surface area contributed by atoms with Crippen molar-refractivity contribution < 1.29 is 4.39 Å². The minimum atomic E-state index is -0.200. The normalized spacial score (nSPS) is 22.7. The fourth-order valence-electron chi connectivity index (χ4n) is 2.68. The summed E-state index contributed by atoms with van der Waals surface area (Å²) >= 11 is 0. The van der Waals surface area contributed by atoms with E-state index in [-0.39, 0.29) is 11.9 Å². The Hall–Kier alpha value is -1.09. The van der Waals surface area contributed by atoms with Crippen molar-refractivity contribution in [3.8, 4) is 0 Å². The number of hydrogen-bond acceptors (Lipinski definition) is 2. The standard InChI is InChI=1S/C15H23FN2/c1-11-4-3-8-18(9-7-11)15-6-5-13(16)10-14(15)12(2)17/h5-6,10-12H,3-4,7-9,17H2,1-2H3/t11?,12-/m0/s1. The lowest BCUT2D eigenvalue weighted by Gasteiger charge is -2.27. The maximum atomic E-state index is 13.3. The molecule has 1 fully saturated rings. The van der Waals surface area contributed by atoms with Crippen LogP contribution in [0.3, 0.4) is 0 Å². The van der Waals surface area contributed by atoms with E-state index in [4.69, 9.17) is 5.73 Å². The summed E-state index contributed by atoms with van der Waals surface area (Å²) in [6.07, 6.45) is 3.69. The molecule has 2 N–H and O–H groups in total. The number of nitrogens with two attached hydrogens (primary N) is 1. The van der Waals surface area contributed by atoms with Crippen molar-refractivity contribution in [3.63, 3.8) is 0 Å². The van der Waals surface area contributed by atoms with Gasteiger partial charge >= 0.3 is 0 Å². The van der Waals surface area contributed by atoms with Gasteiger partial charge in [0, 0.05) is 24.8 Å². The molecule has 18 heavy (non-hydrogen) atoms. The SMILES string of the molecule is CC1CCCN(c2ccc(F)cc2[C@H](C)N)CC1. The van der Waals surface area contributed by atoms with Gasteiger partial charge in [-0.1, -0.05) is 6.92 Å². The van der Waals surface area contributed by atoms with Crippen LogP contribution in [0, 0.1) is 11.7 Å². The highest BCUT2D eigenvalue weighted by Gasteiger charge is 2.18. The predicted octanol–water partition coefficient (Wildman–Crippen LogP) is 3.47. The number of nitrogens with zero attached hydrogens (tertiary/aromatic N) is 1. The van der Waals surface area contributed by atoms with Crippen LogP contribution in [0.5, 0.6) is 0 Å². The first-order chi connectivity index (χ1) is 8.58. The largest absolute Gasteiger partial charge is 0.371 e. The van der Waals surface area contributed by atoms with Crippen LogP contribution in [0.4, 0.5) is 10.1 Å². The van der Waals surface area contributed by atoms with Crippen LogP contribution in [0.2, 0.25) is 0 Å². The monoisotopic (exact) mass is 250 g/mol. The Kier molecular flexibility index (Phi) is 4.23. The fraction of sp³-hybridized carbons (Fsp3) is 0.600. The van der Waals surface area contributed by atoms with Crippen LogP contribution < -0.4 is 10.6 Å². The Bertz CT molecular complexity index is 403. The third-order valence-corrected chi connectivity index (χ3v) is 3.84. The smallest absolute Gasteiger partial charge is 0.123 e. The lowest BCUT2D eigenvalue weighted by atomic mass is 10.0. The summed E-state index contributed by atoms with van der Waals surface area (Å²) < 4.78 is 13.3. The second kappa shape index (κ2) is 5.70. The van der Waals surface area contributed by atoms with E-state index >= 15 is 0 Å². The highest BCUT2D eigenvalue weighted by molar-refractivity contribution is 5.55. The van der Waals surface area contributed by atoms with Crippen molar-refractivity contribution >= 4 is 5.69 Å².